The maximum absolute atomic E-state index is 12.7. The second-order valence-corrected chi connectivity index (χ2v) is 5.76. The SMILES string of the molecule is CCO[C@H]1CN(C(=O)c2cccc(-c3ccc(C)o3)c2)C[C@@H]1O. The van der Waals surface area contributed by atoms with Gasteiger partial charge in [-0.15, -0.1) is 0 Å². The highest BCUT2D eigenvalue weighted by molar-refractivity contribution is 5.95. The van der Waals surface area contributed by atoms with Gasteiger partial charge in [-0.1, -0.05) is 12.1 Å². The maximum Gasteiger partial charge on any atom is 0.254 e. The van der Waals surface area contributed by atoms with Crippen LogP contribution in [-0.4, -0.2) is 47.8 Å². The van der Waals surface area contributed by atoms with E-state index in [0.717, 1.165) is 17.1 Å². The quantitative estimate of drug-likeness (QED) is 0.941. The molecule has 1 aliphatic heterocycles. The van der Waals surface area contributed by atoms with Crippen LogP contribution in [0.1, 0.15) is 23.0 Å². The number of likely N-dealkylation sites (tertiary alicyclic amines) is 1. The molecule has 0 saturated carbocycles. The van der Waals surface area contributed by atoms with Crippen LogP contribution in [0.5, 0.6) is 0 Å². The van der Waals surface area contributed by atoms with Crippen LogP contribution in [0.4, 0.5) is 0 Å². The summed E-state index contributed by atoms with van der Waals surface area (Å²) in [6.07, 6.45) is -0.935. The lowest BCUT2D eigenvalue weighted by molar-refractivity contribution is -0.00237. The molecule has 5 nitrogen and oxygen atoms in total. The number of benzene rings is 1. The molecule has 122 valence electrons. The van der Waals surface area contributed by atoms with E-state index >= 15 is 0 Å². The van der Waals surface area contributed by atoms with Crippen LogP contribution < -0.4 is 0 Å². The lowest BCUT2D eigenvalue weighted by atomic mass is 10.1. The minimum Gasteiger partial charge on any atom is -0.461 e. The number of aliphatic hydroxyl groups excluding tert-OH is 1. The predicted molar refractivity (Wildman–Crippen MR) is 86.2 cm³/mol. The van der Waals surface area contributed by atoms with Gasteiger partial charge in [0.1, 0.15) is 17.6 Å². The number of hydrogen-bond acceptors (Lipinski definition) is 4. The molecule has 1 aromatic heterocycles. The topological polar surface area (TPSA) is 62.9 Å². The lowest BCUT2D eigenvalue weighted by Gasteiger charge is -2.16. The highest BCUT2D eigenvalue weighted by Crippen LogP contribution is 2.24. The van der Waals surface area contributed by atoms with E-state index in [9.17, 15) is 9.90 Å². The molecule has 0 spiro atoms. The fourth-order valence-electron chi connectivity index (χ4n) is 2.88. The van der Waals surface area contributed by atoms with E-state index < -0.39 is 6.10 Å². The van der Waals surface area contributed by atoms with E-state index in [1.54, 1.807) is 11.0 Å². The van der Waals surface area contributed by atoms with E-state index in [4.69, 9.17) is 9.15 Å². The number of carbonyl (C=O) groups excluding carboxylic acids is 1. The Morgan fingerprint density at radius 2 is 2.17 bits per heavy atom. The van der Waals surface area contributed by atoms with E-state index in [-0.39, 0.29) is 12.0 Å². The molecule has 0 bridgehead atoms. The van der Waals surface area contributed by atoms with E-state index in [2.05, 4.69) is 0 Å². The summed E-state index contributed by atoms with van der Waals surface area (Å²) in [4.78, 5) is 14.3. The zero-order valence-electron chi connectivity index (χ0n) is 13.4. The first-order chi connectivity index (χ1) is 11.1. The van der Waals surface area contributed by atoms with Crippen molar-refractivity contribution < 1.29 is 19.1 Å². The second kappa shape index (κ2) is 6.56. The number of aliphatic hydroxyl groups is 1. The Bertz CT molecular complexity index is 694. The summed E-state index contributed by atoms with van der Waals surface area (Å²) in [5.74, 6) is 1.47. The van der Waals surface area contributed by atoms with Gasteiger partial charge in [0.05, 0.1) is 6.10 Å². The van der Waals surface area contributed by atoms with Crippen molar-refractivity contribution in [2.75, 3.05) is 19.7 Å². The van der Waals surface area contributed by atoms with Crippen LogP contribution in [0.2, 0.25) is 0 Å². The Morgan fingerprint density at radius 1 is 1.35 bits per heavy atom. The summed E-state index contributed by atoms with van der Waals surface area (Å²) in [6, 6.07) is 11.1. The van der Waals surface area contributed by atoms with Gasteiger partial charge in [-0.25, -0.2) is 0 Å². The number of rotatable bonds is 4. The number of carbonyl (C=O) groups is 1. The van der Waals surface area contributed by atoms with Crippen molar-refractivity contribution in [2.24, 2.45) is 0 Å². The predicted octanol–water partition coefficient (Wildman–Crippen LogP) is 2.48. The molecule has 3 rings (SSSR count). The number of furan rings is 1. The molecule has 1 amide bonds. The summed E-state index contributed by atoms with van der Waals surface area (Å²) in [7, 11) is 0. The van der Waals surface area contributed by atoms with Gasteiger partial charge in [0.2, 0.25) is 0 Å². The van der Waals surface area contributed by atoms with Crippen molar-refractivity contribution in [3.8, 4) is 11.3 Å². The molecule has 2 atom stereocenters. The molecule has 5 heteroatoms. The number of aryl methyl sites for hydroxylation is 1. The van der Waals surface area contributed by atoms with Gasteiger partial charge in [-0.3, -0.25) is 4.79 Å². The Balaban J connectivity index is 1.78. The third kappa shape index (κ3) is 3.30. The first kappa shape index (κ1) is 15.8. The molecule has 1 N–H and O–H groups in total. The standard InChI is InChI=1S/C18H21NO4/c1-3-22-17-11-19(10-15(17)20)18(21)14-6-4-5-13(9-14)16-8-7-12(2)23-16/h4-9,15,17,20H,3,10-11H2,1-2H3/t15-,17-/m0/s1. The minimum atomic E-state index is -0.630. The van der Waals surface area contributed by atoms with Crippen molar-refractivity contribution in [3.63, 3.8) is 0 Å². The van der Waals surface area contributed by atoms with Gasteiger partial charge in [0, 0.05) is 30.8 Å². The van der Waals surface area contributed by atoms with E-state index in [0.29, 0.717) is 25.3 Å². The van der Waals surface area contributed by atoms with Gasteiger partial charge in [0.25, 0.3) is 5.91 Å². The Hall–Kier alpha value is -2.11. The van der Waals surface area contributed by atoms with Crippen molar-refractivity contribution in [3.05, 3.63) is 47.7 Å². The highest BCUT2D eigenvalue weighted by Gasteiger charge is 2.34. The Morgan fingerprint density at radius 3 is 2.87 bits per heavy atom. The van der Waals surface area contributed by atoms with Crippen LogP contribution in [0.3, 0.4) is 0 Å². The molecule has 23 heavy (non-hydrogen) atoms. The Labute approximate surface area is 135 Å². The molecule has 2 aromatic rings. The number of amides is 1. The summed E-state index contributed by atoms with van der Waals surface area (Å²) in [5, 5.41) is 9.99. The van der Waals surface area contributed by atoms with Gasteiger partial charge in [0.15, 0.2) is 0 Å². The number of nitrogens with zero attached hydrogens (tertiary/aromatic N) is 1. The fraction of sp³-hybridized carbons (Fsp3) is 0.389. The van der Waals surface area contributed by atoms with Crippen molar-refractivity contribution in [2.45, 2.75) is 26.1 Å². The second-order valence-electron chi connectivity index (χ2n) is 5.76. The average Bonchev–Trinajstić information content (AvgIpc) is 3.14. The molecule has 0 unspecified atom stereocenters. The zero-order valence-corrected chi connectivity index (χ0v) is 13.4. The number of hydrogen-bond donors (Lipinski definition) is 1. The zero-order chi connectivity index (χ0) is 16.4. The first-order valence-corrected chi connectivity index (χ1v) is 7.84. The van der Waals surface area contributed by atoms with Crippen LogP contribution in [0.25, 0.3) is 11.3 Å². The van der Waals surface area contributed by atoms with Crippen molar-refractivity contribution in [1.29, 1.82) is 0 Å². The highest BCUT2D eigenvalue weighted by atomic mass is 16.5. The maximum atomic E-state index is 12.7. The monoisotopic (exact) mass is 315 g/mol. The molecule has 0 radical (unpaired) electrons. The molecule has 1 aromatic carbocycles. The van der Waals surface area contributed by atoms with Gasteiger partial charge < -0.3 is 19.2 Å². The third-order valence-electron chi connectivity index (χ3n) is 4.04. The molecular formula is C18H21NO4. The largest absolute Gasteiger partial charge is 0.461 e. The average molecular weight is 315 g/mol. The lowest BCUT2D eigenvalue weighted by Crippen LogP contribution is -2.30. The number of ether oxygens (including phenoxy) is 1. The van der Waals surface area contributed by atoms with Crippen LogP contribution in [0.15, 0.2) is 40.8 Å². The minimum absolute atomic E-state index is 0.101. The van der Waals surface area contributed by atoms with Crippen LogP contribution in [-0.2, 0) is 4.74 Å². The summed E-state index contributed by atoms with van der Waals surface area (Å²) in [5.41, 5.74) is 1.45. The normalized spacial score (nSPS) is 20.9. The van der Waals surface area contributed by atoms with Crippen LogP contribution in [0, 0.1) is 6.92 Å². The van der Waals surface area contributed by atoms with Crippen molar-refractivity contribution >= 4 is 5.91 Å². The Kier molecular flexibility index (Phi) is 4.50. The molecule has 2 heterocycles. The van der Waals surface area contributed by atoms with Crippen molar-refractivity contribution in [1.82, 2.24) is 4.90 Å². The fourth-order valence-corrected chi connectivity index (χ4v) is 2.88. The summed E-state index contributed by atoms with van der Waals surface area (Å²) < 4.78 is 11.1. The first-order valence-electron chi connectivity index (χ1n) is 7.84. The van der Waals surface area contributed by atoms with Gasteiger partial charge in [-0.05, 0) is 38.1 Å². The third-order valence-corrected chi connectivity index (χ3v) is 4.04. The smallest absolute Gasteiger partial charge is 0.254 e. The summed E-state index contributed by atoms with van der Waals surface area (Å²) in [6.45, 7) is 5.01. The molecule has 0 aliphatic carbocycles. The molecule has 1 aliphatic rings. The van der Waals surface area contributed by atoms with E-state index in [1.165, 1.54) is 0 Å². The molecular weight excluding hydrogens is 294 g/mol. The van der Waals surface area contributed by atoms with E-state index in [1.807, 2.05) is 44.2 Å². The number of β-amino-alcohol motifs (C(OH)–C–C–N with tert-alkyl or cyclic N) is 1. The molecule has 1 fully saturated rings. The van der Waals surface area contributed by atoms with Gasteiger partial charge >= 0.3 is 0 Å². The molecule has 1 saturated heterocycles. The van der Waals surface area contributed by atoms with Gasteiger partial charge in [-0.2, -0.15) is 0 Å². The summed E-state index contributed by atoms with van der Waals surface area (Å²) >= 11 is 0. The van der Waals surface area contributed by atoms with Crippen LogP contribution >= 0.6 is 0 Å².